The number of nitrogens with zero attached hydrogens (tertiary/aromatic N) is 2. The molecule has 0 bridgehead atoms. The molecule has 2 amide bonds. The Kier molecular flexibility index (Phi) is 3.87. The number of amides is 2. The van der Waals surface area contributed by atoms with Gasteiger partial charge in [0, 0.05) is 18.9 Å². The third-order valence-corrected chi connectivity index (χ3v) is 5.55. The molecule has 0 radical (unpaired) electrons. The van der Waals surface area contributed by atoms with Crippen LogP contribution in [0.1, 0.15) is 68.0 Å². The molecule has 4 rings (SSSR count). The lowest BCUT2D eigenvalue weighted by Gasteiger charge is -2.22. The fourth-order valence-electron chi connectivity index (χ4n) is 4.20. The van der Waals surface area contributed by atoms with Crippen LogP contribution in [0.4, 0.5) is 0 Å². The number of imide groups is 1. The van der Waals surface area contributed by atoms with Crippen LogP contribution in [-0.4, -0.2) is 21.6 Å². The Morgan fingerprint density at radius 1 is 1.12 bits per heavy atom. The first kappa shape index (κ1) is 15.4. The van der Waals surface area contributed by atoms with Gasteiger partial charge in [0.05, 0.1) is 17.1 Å². The number of piperidine rings is 1. The average Bonchev–Trinajstić information content (AvgIpc) is 2.92. The second-order valence-electron chi connectivity index (χ2n) is 7.12. The molecule has 1 atom stereocenters. The van der Waals surface area contributed by atoms with E-state index in [1.807, 2.05) is 11.7 Å². The minimum Gasteiger partial charge on any atom is -0.296 e. The SMILES string of the molecule is Cn1nc(C2CCC(=O)NC2=O)c2ccc(C3CCCCC3)cc21. The number of aryl methyl sites for hydroxylation is 1. The zero-order valence-electron chi connectivity index (χ0n) is 14.0. The highest BCUT2D eigenvalue weighted by Crippen LogP contribution is 2.36. The van der Waals surface area contributed by atoms with E-state index in [0.717, 1.165) is 16.6 Å². The number of nitrogens with one attached hydrogen (secondary N) is 1. The zero-order chi connectivity index (χ0) is 16.7. The summed E-state index contributed by atoms with van der Waals surface area (Å²) in [6.07, 6.45) is 7.44. The Hall–Kier alpha value is -2.17. The van der Waals surface area contributed by atoms with Crippen LogP contribution in [-0.2, 0) is 16.6 Å². The van der Waals surface area contributed by atoms with E-state index >= 15 is 0 Å². The first-order chi connectivity index (χ1) is 11.6. The standard InChI is InChI=1S/C19H23N3O2/c1-22-16-11-13(12-5-3-2-4-6-12)7-8-14(16)18(21-22)15-9-10-17(23)20-19(15)24/h7-8,11-12,15H,2-6,9-10H2,1H3,(H,20,23,24). The monoisotopic (exact) mass is 325 g/mol. The Labute approximate surface area is 141 Å². The molecule has 2 heterocycles. The Morgan fingerprint density at radius 3 is 2.67 bits per heavy atom. The molecule has 2 aliphatic rings. The minimum absolute atomic E-state index is 0.184. The van der Waals surface area contributed by atoms with E-state index in [-0.39, 0.29) is 17.7 Å². The maximum absolute atomic E-state index is 12.2. The van der Waals surface area contributed by atoms with Crippen LogP contribution in [0, 0.1) is 0 Å². The maximum atomic E-state index is 12.2. The molecule has 5 heteroatoms. The van der Waals surface area contributed by atoms with Gasteiger partial charge in [0.1, 0.15) is 0 Å². The van der Waals surface area contributed by atoms with Crippen molar-refractivity contribution in [2.24, 2.45) is 7.05 Å². The molecule has 1 saturated carbocycles. The number of carbonyl (C=O) groups excluding carboxylic acids is 2. The average molecular weight is 325 g/mol. The Bertz CT molecular complexity index is 802. The van der Waals surface area contributed by atoms with Crippen molar-refractivity contribution in [2.75, 3.05) is 0 Å². The van der Waals surface area contributed by atoms with Gasteiger partial charge in [-0.3, -0.25) is 19.6 Å². The summed E-state index contributed by atoms with van der Waals surface area (Å²) in [7, 11) is 1.93. The van der Waals surface area contributed by atoms with Gasteiger partial charge in [-0.1, -0.05) is 31.4 Å². The molecule has 1 aliphatic carbocycles. The topological polar surface area (TPSA) is 64.0 Å². The molecule has 1 N–H and O–H groups in total. The number of hydrogen-bond acceptors (Lipinski definition) is 3. The molecule has 1 unspecified atom stereocenters. The van der Waals surface area contributed by atoms with Crippen LogP contribution < -0.4 is 5.32 Å². The second-order valence-corrected chi connectivity index (χ2v) is 7.12. The van der Waals surface area contributed by atoms with Crippen molar-refractivity contribution in [3.05, 3.63) is 29.5 Å². The van der Waals surface area contributed by atoms with Gasteiger partial charge in [0.2, 0.25) is 11.8 Å². The molecule has 126 valence electrons. The summed E-state index contributed by atoms with van der Waals surface area (Å²) in [4.78, 5) is 23.6. The first-order valence-corrected chi connectivity index (χ1v) is 8.94. The lowest BCUT2D eigenvalue weighted by molar-refractivity contribution is -0.134. The van der Waals surface area contributed by atoms with Crippen LogP contribution in [0.2, 0.25) is 0 Å². The minimum atomic E-state index is -0.327. The van der Waals surface area contributed by atoms with Crippen LogP contribution >= 0.6 is 0 Å². The van der Waals surface area contributed by atoms with Crippen molar-refractivity contribution < 1.29 is 9.59 Å². The lowest BCUT2D eigenvalue weighted by Crippen LogP contribution is -2.39. The quantitative estimate of drug-likeness (QED) is 0.863. The van der Waals surface area contributed by atoms with E-state index in [4.69, 9.17) is 0 Å². The number of rotatable bonds is 2. The highest BCUT2D eigenvalue weighted by molar-refractivity contribution is 6.02. The molecule has 1 aliphatic heterocycles. The highest BCUT2D eigenvalue weighted by Gasteiger charge is 2.31. The van der Waals surface area contributed by atoms with Crippen molar-refractivity contribution in [3.63, 3.8) is 0 Å². The fraction of sp³-hybridized carbons (Fsp3) is 0.526. The number of carbonyl (C=O) groups is 2. The highest BCUT2D eigenvalue weighted by atomic mass is 16.2. The van der Waals surface area contributed by atoms with Gasteiger partial charge < -0.3 is 0 Å². The van der Waals surface area contributed by atoms with Crippen molar-refractivity contribution in [1.82, 2.24) is 15.1 Å². The fourth-order valence-corrected chi connectivity index (χ4v) is 4.20. The summed E-state index contributed by atoms with van der Waals surface area (Å²) in [6.45, 7) is 0. The van der Waals surface area contributed by atoms with Gasteiger partial charge in [-0.15, -0.1) is 0 Å². The van der Waals surface area contributed by atoms with Crippen molar-refractivity contribution in [2.45, 2.75) is 56.8 Å². The lowest BCUT2D eigenvalue weighted by atomic mass is 9.83. The molecular weight excluding hydrogens is 302 g/mol. The number of hydrogen-bond donors (Lipinski definition) is 1. The second kappa shape index (κ2) is 6.04. The third kappa shape index (κ3) is 2.62. The van der Waals surface area contributed by atoms with Crippen LogP contribution in [0.5, 0.6) is 0 Å². The molecular formula is C19H23N3O2. The summed E-state index contributed by atoms with van der Waals surface area (Å²) in [6, 6.07) is 6.56. The van der Waals surface area contributed by atoms with Crippen molar-refractivity contribution in [3.8, 4) is 0 Å². The van der Waals surface area contributed by atoms with Crippen molar-refractivity contribution in [1.29, 1.82) is 0 Å². The van der Waals surface area contributed by atoms with Gasteiger partial charge in [0.15, 0.2) is 0 Å². The number of aromatic nitrogens is 2. The Morgan fingerprint density at radius 2 is 1.92 bits per heavy atom. The van der Waals surface area contributed by atoms with Gasteiger partial charge in [0.25, 0.3) is 0 Å². The number of benzene rings is 1. The molecule has 1 saturated heterocycles. The largest absolute Gasteiger partial charge is 0.296 e. The normalized spacial score (nSPS) is 22.8. The summed E-state index contributed by atoms with van der Waals surface area (Å²) < 4.78 is 1.88. The summed E-state index contributed by atoms with van der Waals surface area (Å²) in [5, 5.41) is 8.09. The molecule has 1 aromatic heterocycles. The Balaban J connectivity index is 1.71. The van der Waals surface area contributed by atoms with Gasteiger partial charge in [-0.25, -0.2) is 0 Å². The van der Waals surface area contributed by atoms with E-state index in [0.29, 0.717) is 18.8 Å². The van der Waals surface area contributed by atoms with E-state index < -0.39 is 0 Å². The predicted molar refractivity (Wildman–Crippen MR) is 91.7 cm³/mol. The summed E-state index contributed by atoms with van der Waals surface area (Å²) >= 11 is 0. The molecule has 5 nitrogen and oxygen atoms in total. The summed E-state index contributed by atoms with van der Waals surface area (Å²) in [5.74, 6) is -0.0808. The molecule has 2 fully saturated rings. The van der Waals surface area contributed by atoms with E-state index in [2.05, 4.69) is 28.6 Å². The molecule has 0 spiro atoms. The van der Waals surface area contributed by atoms with E-state index in [1.54, 1.807) is 0 Å². The van der Waals surface area contributed by atoms with Gasteiger partial charge >= 0.3 is 0 Å². The molecule has 24 heavy (non-hydrogen) atoms. The van der Waals surface area contributed by atoms with Gasteiger partial charge in [-0.05, 0) is 36.8 Å². The molecule has 2 aromatic rings. The van der Waals surface area contributed by atoms with Crippen molar-refractivity contribution >= 4 is 22.7 Å². The number of fused-ring (bicyclic) bond motifs is 1. The predicted octanol–water partition coefficient (Wildman–Crippen LogP) is 3.14. The third-order valence-electron chi connectivity index (χ3n) is 5.55. The smallest absolute Gasteiger partial charge is 0.235 e. The zero-order valence-corrected chi connectivity index (χ0v) is 14.0. The molecule has 1 aromatic carbocycles. The van der Waals surface area contributed by atoms with Crippen LogP contribution in [0.15, 0.2) is 18.2 Å². The van der Waals surface area contributed by atoms with Crippen LogP contribution in [0.3, 0.4) is 0 Å². The maximum Gasteiger partial charge on any atom is 0.235 e. The van der Waals surface area contributed by atoms with E-state index in [9.17, 15) is 9.59 Å². The van der Waals surface area contributed by atoms with Crippen LogP contribution in [0.25, 0.3) is 10.9 Å². The van der Waals surface area contributed by atoms with E-state index in [1.165, 1.54) is 37.7 Å². The van der Waals surface area contributed by atoms with Gasteiger partial charge in [-0.2, -0.15) is 5.10 Å². The summed E-state index contributed by atoms with van der Waals surface area (Å²) in [5.41, 5.74) is 3.27. The first-order valence-electron chi connectivity index (χ1n) is 8.94.